The molecule has 1 aromatic carbocycles. The molecular weight excluding hydrogens is 392 g/mol. The predicted octanol–water partition coefficient (Wildman–Crippen LogP) is 1.14. The SMILES string of the molecule is C[C@@H]1CN([C@@H](C)CO)S(=O)(=O)c2ccc(C#CC(C)(C)O)cc2O[C@@H]1CN(C)C. The quantitative estimate of drug-likeness (QED) is 0.705. The normalized spacial score (nSPS) is 23.2. The molecule has 1 aromatic rings. The second-order valence-corrected chi connectivity index (χ2v) is 10.3. The fourth-order valence-electron chi connectivity index (χ4n) is 3.11. The molecule has 0 radical (unpaired) electrons. The second-order valence-electron chi connectivity index (χ2n) is 8.47. The Labute approximate surface area is 174 Å². The molecule has 0 unspecified atom stereocenters. The number of aliphatic hydroxyl groups excluding tert-OH is 1. The molecule has 0 spiro atoms. The first-order valence-corrected chi connectivity index (χ1v) is 11.1. The third-order valence-electron chi connectivity index (χ3n) is 4.72. The maximum absolute atomic E-state index is 13.3. The van der Waals surface area contributed by atoms with Gasteiger partial charge in [-0.2, -0.15) is 4.31 Å². The monoisotopic (exact) mass is 424 g/mol. The van der Waals surface area contributed by atoms with Crippen molar-refractivity contribution in [1.29, 1.82) is 0 Å². The highest BCUT2D eigenvalue weighted by Gasteiger charge is 2.37. The molecule has 162 valence electrons. The van der Waals surface area contributed by atoms with Gasteiger partial charge in [-0.15, -0.1) is 0 Å². The van der Waals surface area contributed by atoms with Crippen LogP contribution in [0.4, 0.5) is 0 Å². The van der Waals surface area contributed by atoms with E-state index in [1.807, 2.05) is 25.9 Å². The highest BCUT2D eigenvalue weighted by Crippen LogP contribution is 2.34. The van der Waals surface area contributed by atoms with Crippen LogP contribution >= 0.6 is 0 Å². The summed E-state index contributed by atoms with van der Waals surface area (Å²) in [4.78, 5) is 2.05. The molecule has 0 fully saturated rings. The van der Waals surface area contributed by atoms with Crippen LogP contribution in [-0.2, 0) is 10.0 Å². The van der Waals surface area contributed by atoms with Gasteiger partial charge >= 0.3 is 0 Å². The number of rotatable bonds is 4. The molecule has 7 nitrogen and oxygen atoms in total. The maximum Gasteiger partial charge on any atom is 0.247 e. The largest absolute Gasteiger partial charge is 0.487 e. The molecular formula is C21H32N2O5S. The second kappa shape index (κ2) is 9.02. The van der Waals surface area contributed by atoms with Gasteiger partial charge in [0.15, 0.2) is 0 Å². The van der Waals surface area contributed by atoms with Crippen LogP contribution in [0, 0.1) is 17.8 Å². The zero-order chi connectivity index (χ0) is 22.0. The van der Waals surface area contributed by atoms with Crippen molar-refractivity contribution in [1.82, 2.24) is 9.21 Å². The molecule has 2 rings (SSSR count). The number of aliphatic hydroxyl groups is 2. The van der Waals surface area contributed by atoms with Crippen molar-refractivity contribution in [3.05, 3.63) is 23.8 Å². The van der Waals surface area contributed by atoms with E-state index in [1.54, 1.807) is 32.9 Å². The van der Waals surface area contributed by atoms with Crippen molar-refractivity contribution >= 4 is 10.0 Å². The molecule has 3 atom stereocenters. The first kappa shape index (κ1) is 23.6. The van der Waals surface area contributed by atoms with E-state index in [-0.39, 0.29) is 35.8 Å². The molecule has 0 saturated carbocycles. The standard InChI is InChI=1S/C21H32N2O5S/c1-15-12-23(16(2)14-24)29(26,27)20-8-7-17(9-10-21(3,4)25)11-18(20)28-19(15)13-22(5)6/h7-8,11,15-16,19,24-25H,12-14H2,1-6H3/t15-,16+,19-/m1/s1. The number of hydrogen-bond donors (Lipinski definition) is 2. The van der Waals surface area contributed by atoms with E-state index >= 15 is 0 Å². The van der Waals surface area contributed by atoms with Gasteiger partial charge in [-0.25, -0.2) is 8.42 Å². The Balaban J connectivity index is 2.62. The van der Waals surface area contributed by atoms with Gasteiger partial charge in [0.25, 0.3) is 0 Å². The average Bonchev–Trinajstić information content (AvgIpc) is 2.61. The van der Waals surface area contributed by atoms with Crippen LogP contribution in [0.5, 0.6) is 5.75 Å². The summed E-state index contributed by atoms with van der Waals surface area (Å²) in [5.41, 5.74) is -0.605. The predicted molar refractivity (Wildman–Crippen MR) is 112 cm³/mol. The lowest BCUT2D eigenvalue weighted by Crippen LogP contribution is -2.49. The molecule has 1 heterocycles. The van der Waals surface area contributed by atoms with Crippen LogP contribution in [0.1, 0.15) is 33.3 Å². The van der Waals surface area contributed by atoms with Gasteiger partial charge in [-0.1, -0.05) is 18.8 Å². The van der Waals surface area contributed by atoms with Crippen molar-refractivity contribution in [3.63, 3.8) is 0 Å². The summed E-state index contributed by atoms with van der Waals surface area (Å²) in [6, 6.07) is 4.14. The lowest BCUT2D eigenvalue weighted by atomic mass is 10.0. The van der Waals surface area contributed by atoms with Crippen LogP contribution in [0.25, 0.3) is 0 Å². The summed E-state index contributed by atoms with van der Waals surface area (Å²) in [6.07, 6.45) is -0.245. The van der Waals surface area contributed by atoms with Crippen molar-refractivity contribution in [2.45, 2.75) is 50.3 Å². The smallest absolute Gasteiger partial charge is 0.247 e. The van der Waals surface area contributed by atoms with E-state index in [1.165, 1.54) is 10.4 Å². The Kier molecular flexibility index (Phi) is 7.36. The van der Waals surface area contributed by atoms with E-state index in [2.05, 4.69) is 11.8 Å². The fraction of sp³-hybridized carbons (Fsp3) is 0.619. The number of ether oxygens (including phenoxy) is 1. The summed E-state index contributed by atoms with van der Waals surface area (Å²) >= 11 is 0. The molecule has 1 aliphatic heterocycles. The van der Waals surface area contributed by atoms with Crippen LogP contribution in [0.15, 0.2) is 23.1 Å². The van der Waals surface area contributed by atoms with Crippen molar-refractivity contribution in [2.75, 3.05) is 33.8 Å². The van der Waals surface area contributed by atoms with Crippen molar-refractivity contribution in [2.24, 2.45) is 5.92 Å². The average molecular weight is 425 g/mol. The first-order valence-electron chi connectivity index (χ1n) is 9.69. The number of fused-ring (bicyclic) bond motifs is 1. The summed E-state index contributed by atoms with van der Waals surface area (Å²) in [7, 11) is 0.0110. The fourth-order valence-corrected chi connectivity index (χ4v) is 4.93. The van der Waals surface area contributed by atoms with Gasteiger partial charge < -0.3 is 19.8 Å². The van der Waals surface area contributed by atoms with E-state index in [0.29, 0.717) is 12.1 Å². The number of benzene rings is 1. The van der Waals surface area contributed by atoms with Crippen LogP contribution in [0.2, 0.25) is 0 Å². The lowest BCUT2D eigenvalue weighted by molar-refractivity contribution is 0.0812. The maximum atomic E-state index is 13.3. The minimum atomic E-state index is -3.86. The molecule has 1 aliphatic rings. The molecule has 0 amide bonds. The summed E-state index contributed by atoms with van der Waals surface area (Å²) in [5, 5.41) is 19.5. The van der Waals surface area contributed by atoms with E-state index < -0.39 is 21.7 Å². The molecule has 8 heteroatoms. The third kappa shape index (κ3) is 5.93. The van der Waals surface area contributed by atoms with Gasteiger partial charge in [0, 0.05) is 30.6 Å². The molecule has 0 aliphatic carbocycles. The molecule has 29 heavy (non-hydrogen) atoms. The van der Waals surface area contributed by atoms with Crippen LogP contribution in [-0.4, -0.2) is 79.4 Å². The van der Waals surface area contributed by atoms with Crippen molar-refractivity contribution < 1.29 is 23.4 Å². The van der Waals surface area contributed by atoms with Crippen LogP contribution in [0.3, 0.4) is 0 Å². The topological polar surface area (TPSA) is 90.3 Å². The molecule has 0 aromatic heterocycles. The summed E-state index contributed by atoms with van der Waals surface area (Å²) in [5.74, 6) is 5.74. The first-order chi connectivity index (χ1) is 13.3. The molecule has 0 bridgehead atoms. The highest BCUT2D eigenvalue weighted by atomic mass is 32.2. The Morgan fingerprint density at radius 3 is 2.59 bits per heavy atom. The van der Waals surface area contributed by atoms with E-state index in [0.717, 1.165) is 0 Å². The van der Waals surface area contributed by atoms with Gasteiger partial charge in [-0.3, -0.25) is 0 Å². The number of nitrogens with zero attached hydrogens (tertiary/aromatic N) is 2. The summed E-state index contributed by atoms with van der Waals surface area (Å²) < 4.78 is 34.2. The number of sulfonamides is 1. The van der Waals surface area contributed by atoms with Crippen molar-refractivity contribution in [3.8, 4) is 17.6 Å². The Bertz CT molecular complexity index is 881. The Morgan fingerprint density at radius 1 is 1.38 bits per heavy atom. The minimum absolute atomic E-state index is 0.0577. The number of likely N-dealkylation sites (N-methyl/N-ethyl adjacent to an activating group) is 1. The zero-order valence-corrected chi connectivity index (χ0v) is 18.8. The minimum Gasteiger partial charge on any atom is -0.487 e. The molecule has 0 saturated heterocycles. The Morgan fingerprint density at radius 2 is 2.03 bits per heavy atom. The third-order valence-corrected chi connectivity index (χ3v) is 6.74. The van der Waals surface area contributed by atoms with Gasteiger partial charge in [0.1, 0.15) is 22.4 Å². The zero-order valence-electron chi connectivity index (χ0n) is 18.0. The van der Waals surface area contributed by atoms with E-state index in [4.69, 9.17) is 4.74 Å². The highest BCUT2D eigenvalue weighted by molar-refractivity contribution is 7.89. The number of hydrogen-bond acceptors (Lipinski definition) is 6. The van der Waals surface area contributed by atoms with Gasteiger partial charge in [-0.05, 0) is 53.1 Å². The van der Waals surface area contributed by atoms with Gasteiger partial charge in [0.05, 0.1) is 6.61 Å². The Hall–Kier alpha value is -1.63. The lowest BCUT2D eigenvalue weighted by Gasteiger charge is -2.37. The van der Waals surface area contributed by atoms with E-state index in [9.17, 15) is 18.6 Å². The van der Waals surface area contributed by atoms with Crippen LogP contribution < -0.4 is 4.74 Å². The summed E-state index contributed by atoms with van der Waals surface area (Å²) in [6.45, 7) is 7.40. The molecule has 2 N–H and O–H groups in total. The van der Waals surface area contributed by atoms with Gasteiger partial charge in [0.2, 0.25) is 10.0 Å².